The second kappa shape index (κ2) is 5.43. The second-order valence-corrected chi connectivity index (χ2v) is 5.87. The van der Waals surface area contributed by atoms with Crippen LogP contribution in [0.5, 0.6) is 0 Å². The van der Waals surface area contributed by atoms with E-state index in [4.69, 9.17) is 0 Å². The fraction of sp³-hybridized carbons (Fsp3) is 0.538. The molecule has 0 heterocycles. The highest BCUT2D eigenvalue weighted by molar-refractivity contribution is 8.00. The van der Waals surface area contributed by atoms with Gasteiger partial charge in [0, 0.05) is 16.6 Å². The Morgan fingerprint density at radius 1 is 1.17 bits per heavy atom. The molecule has 1 aromatic rings. The van der Waals surface area contributed by atoms with Crippen molar-refractivity contribution in [2.45, 2.75) is 42.6 Å². The van der Waals surface area contributed by atoms with Gasteiger partial charge in [0.25, 0.3) is 0 Å². The predicted octanol–water partition coefficient (Wildman–Crippen LogP) is 4.90. The van der Waals surface area contributed by atoms with Gasteiger partial charge in [-0.1, -0.05) is 13.3 Å². The highest BCUT2D eigenvalue weighted by atomic mass is 32.2. The maximum absolute atomic E-state index is 12.2. The normalized spacial score (nSPS) is 24.2. The van der Waals surface area contributed by atoms with E-state index in [-0.39, 0.29) is 16.7 Å². The lowest BCUT2D eigenvalue weighted by Crippen LogP contribution is -2.21. The van der Waals surface area contributed by atoms with Crippen LogP contribution >= 0.6 is 11.8 Å². The van der Waals surface area contributed by atoms with Gasteiger partial charge in [-0.05, 0) is 54.8 Å². The quantitative estimate of drug-likeness (QED) is 0.787. The molecule has 0 radical (unpaired) electrons. The number of thioether (sulfide) groups is 1. The fourth-order valence-electron chi connectivity index (χ4n) is 2.33. The van der Waals surface area contributed by atoms with E-state index in [0.717, 1.165) is 12.1 Å². The van der Waals surface area contributed by atoms with Crippen molar-refractivity contribution in [1.29, 1.82) is 0 Å². The molecule has 0 aliphatic heterocycles. The Morgan fingerprint density at radius 2 is 1.83 bits per heavy atom. The lowest BCUT2D eigenvalue weighted by atomic mass is 10.1. The molecule has 18 heavy (non-hydrogen) atoms. The van der Waals surface area contributed by atoms with Gasteiger partial charge in [-0.2, -0.15) is 13.2 Å². The van der Waals surface area contributed by atoms with Crippen LogP contribution in [-0.4, -0.2) is 11.6 Å². The molecule has 1 N–H and O–H groups in total. The average molecular weight is 275 g/mol. The summed E-state index contributed by atoms with van der Waals surface area (Å²) in [7, 11) is 0. The number of hydrogen-bond acceptors (Lipinski definition) is 2. The van der Waals surface area contributed by atoms with Crippen LogP contribution in [0.3, 0.4) is 0 Å². The van der Waals surface area contributed by atoms with E-state index in [1.165, 1.54) is 25.0 Å². The number of hydrogen-bond donors (Lipinski definition) is 1. The summed E-state index contributed by atoms with van der Waals surface area (Å²) in [5.74, 6) is 0.634. The predicted molar refractivity (Wildman–Crippen MR) is 68.8 cm³/mol. The van der Waals surface area contributed by atoms with E-state index in [2.05, 4.69) is 12.2 Å². The largest absolute Gasteiger partial charge is 0.446 e. The molecule has 0 bridgehead atoms. The van der Waals surface area contributed by atoms with Gasteiger partial charge >= 0.3 is 5.51 Å². The van der Waals surface area contributed by atoms with Gasteiger partial charge in [-0.15, -0.1) is 0 Å². The Bertz CT molecular complexity index is 388. The Labute approximate surface area is 109 Å². The zero-order valence-electron chi connectivity index (χ0n) is 10.1. The molecular weight excluding hydrogens is 259 g/mol. The molecule has 1 aliphatic rings. The molecule has 5 heteroatoms. The number of alkyl halides is 3. The van der Waals surface area contributed by atoms with Gasteiger partial charge in [0.05, 0.1) is 0 Å². The van der Waals surface area contributed by atoms with Crippen molar-refractivity contribution >= 4 is 17.4 Å². The van der Waals surface area contributed by atoms with Gasteiger partial charge in [-0.25, -0.2) is 0 Å². The molecule has 1 aliphatic carbocycles. The summed E-state index contributed by atoms with van der Waals surface area (Å²) in [6.45, 7) is 2.21. The highest BCUT2D eigenvalue weighted by Gasteiger charge is 2.29. The Hall–Kier alpha value is -0.840. The van der Waals surface area contributed by atoms with Gasteiger partial charge in [-0.3, -0.25) is 0 Å². The van der Waals surface area contributed by atoms with Gasteiger partial charge in [0.2, 0.25) is 0 Å². The van der Waals surface area contributed by atoms with Crippen LogP contribution in [-0.2, 0) is 0 Å². The summed E-state index contributed by atoms with van der Waals surface area (Å²) in [6.07, 6.45) is 3.58. The van der Waals surface area contributed by atoms with Crippen molar-refractivity contribution in [3.63, 3.8) is 0 Å². The second-order valence-electron chi connectivity index (χ2n) is 4.73. The Morgan fingerprint density at radius 3 is 2.33 bits per heavy atom. The average Bonchev–Trinajstić information content (AvgIpc) is 2.65. The number of rotatable bonds is 3. The summed E-state index contributed by atoms with van der Waals surface area (Å²) < 4.78 is 36.5. The summed E-state index contributed by atoms with van der Waals surface area (Å²) in [6, 6.07) is 6.92. The molecule has 1 fully saturated rings. The zero-order valence-corrected chi connectivity index (χ0v) is 10.9. The van der Waals surface area contributed by atoms with Gasteiger partial charge in [0.15, 0.2) is 0 Å². The molecule has 2 rings (SSSR count). The molecule has 2 unspecified atom stereocenters. The minimum absolute atomic E-state index is 0.0750. The molecule has 1 nitrogen and oxygen atoms in total. The van der Waals surface area contributed by atoms with Gasteiger partial charge in [0.1, 0.15) is 0 Å². The monoisotopic (exact) mass is 275 g/mol. The first-order valence-electron chi connectivity index (χ1n) is 6.06. The van der Waals surface area contributed by atoms with Crippen molar-refractivity contribution in [3.05, 3.63) is 24.3 Å². The van der Waals surface area contributed by atoms with E-state index in [1.807, 2.05) is 0 Å². The number of halogens is 3. The van der Waals surface area contributed by atoms with E-state index < -0.39 is 5.51 Å². The highest BCUT2D eigenvalue weighted by Crippen LogP contribution is 2.37. The first-order chi connectivity index (χ1) is 8.44. The van der Waals surface area contributed by atoms with Crippen molar-refractivity contribution in [1.82, 2.24) is 0 Å². The molecule has 2 atom stereocenters. The molecule has 1 aromatic carbocycles. The third-order valence-corrected chi connectivity index (χ3v) is 4.04. The SMILES string of the molecule is CC1CCCC1Nc1ccc(SC(F)(F)F)cc1. The van der Waals surface area contributed by atoms with E-state index >= 15 is 0 Å². The number of anilines is 1. The lowest BCUT2D eigenvalue weighted by molar-refractivity contribution is -0.0328. The van der Waals surface area contributed by atoms with Crippen molar-refractivity contribution in [3.8, 4) is 0 Å². The number of nitrogens with one attached hydrogen (secondary N) is 1. The lowest BCUT2D eigenvalue weighted by Gasteiger charge is -2.18. The van der Waals surface area contributed by atoms with Crippen LogP contribution in [0.2, 0.25) is 0 Å². The standard InChI is InChI=1S/C13H16F3NS/c1-9-3-2-4-12(9)17-10-5-7-11(8-6-10)18-13(14,15)16/h5-9,12,17H,2-4H2,1H3. The molecule has 0 saturated heterocycles. The zero-order chi connectivity index (χ0) is 13.2. The van der Waals surface area contributed by atoms with Crippen LogP contribution in [0.4, 0.5) is 18.9 Å². The van der Waals surface area contributed by atoms with Crippen LogP contribution in [0.15, 0.2) is 29.2 Å². The van der Waals surface area contributed by atoms with Crippen LogP contribution in [0, 0.1) is 5.92 Å². The van der Waals surface area contributed by atoms with E-state index in [0.29, 0.717) is 12.0 Å². The van der Waals surface area contributed by atoms with Crippen LogP contribution in [0.1, 0.15) is 26.2 Å². The first-order valence-corrected chi connectivity index (χ1v) is 6.88. The summed E-state index contributed by atoms with van der Waals surface area (Å²) in [4.78, 5) is 0.229. The third kappa shape index (κ3) is 3.83. The molecule has 100 valence electrons. The van der Waals surface area contributed by atoms with E-state index in [1.54, 1.807) is 12.1 Å². The smallest absolute Gasteiger partial charge is 0.382 e. The van der Waals surface area contributed by atoms with Crippen molar-refractivity contribution < 1.29 is 13.2 Å². The van der Waals surface area contributed by atoms with Crippen molar-refractivity contribution in [2.24, 2.45) is 5.92 Å². The topological polar surface area (TPSA) is 12.0 Å². The van der Waals surface area contributed by atoms with Crippen molar-refractivity contribution in [2.75, 3.05) is 5.32 Å². The molecule has 0 aromatic heterocycles. The van der Waals surface area contributed by atoms with E-state index in [9.17, 15) is 13.2 Å². The third-order valence-electron chi connectivity index (χ3n) is 3.30. The first kappa shape index (κ1) is 13.6. The maximum Gasteiger partial charge on any atom is 0.446 e. The molecule has 1 saturated carbocycles. The molecule has 0 amide bonds. The van der Waals surface area contributed by atoms with Crippen LogP contribution < -0.4 is 5.32 Å². The fourth-order valence-corrected chi connectivity index (χ4v) is 2.87. The number of benzene rings is 1. The van der Waals surface area contributed by atoms with Crippen LogP contribution in [0.25, 0.3) is 0 Å². The molecular formula is C13H16F3NS. The van der Waals surface area contributed by atoms with Gasteiger partial charge < -0.3 is 5.32 Å². The summed E-state index contributed by atoms with van der Waals surface area (Å²) >= 11 is -0.0750. The Balaban J connectivity index is 1.95. The summed E-state index contributed by atoms with van der Waals surface area (Å²) in [5, 5.41) is 3.39. The minimum Gasteiger partial charge on any atom is -0.382 e. The molecule has 0 spiro atoms. The summed E-state index contributed by atoms with van der Waals surface area (Å²) in [5.41, 5.74) is -3.31. The maximum atomic E-state index is 12.2. The minimum atomic E-state index is -4.21. The Kier molecular flexibility index (Phi) is 4.10.